The number of halogens is 1. The van der Waals surface area contributed by atoms with Crippen LogP contribution < -0.4 is 5.32 Å². The van der Waals surface area contributed by atoms with Crippen molar-refractivity contribution in [2.75, 3.05) is 6.54 Å². The summed E-state index contributed by atoms with van der Waals surface area (Å²) in [6.45, 7) is 6.65. The van der Waals surface area contributed by atoms with Crippen molar-refractivity contribution in [1.29, 1.82) is 0 Å². The van der Waals surface area contributed by atoms with Crippen LogP contribution in [0.4, 0.5) is 0 Å². The van der Waals surface area contributed by atoms with Gasteiger partial charge in [0.1, 0.15) is 0 Å². The first-order valence-electron chi connectivity index (χ1n) is 7.47. The fourth-order valence-corrected chi connectivity index (χ4v) is 3.07. The van der Waals surface area contributed by atoms with Crippen LogP contribution in [0.15, 0.2) is 18.2 Å². The summed E-state index contributed by atoms with van der Waals surface area (Å²) in [5.41, 5.74) is 1.00. The number of benzene rings is 1. The normalized spacial score (nSPS) is 20.0. The van der Waals surface area contributed by atoms with Gasteiger partial charge < -0.3 is 10.4 Å². The van der Waals surface area contributed by atoms with E-state index in [0.717, 1.165) is 31.2 Å². The van der Waals surface area contributed by atoms with Crippen molar-refractivity contribution in [3.8, 4) is 0 Å². The van der Waals surface area contributed by atoms with E-state index < -0.39 is 5.60 Å². The molecule has 1 aliphatic rings. The predicted molar refractivity (Wildman–Crippen MR) is 85.7 cm³/mol. The number of nitrogens with one attached hydrogen (secondary N) is 1. The minimum atomic E-state index is -0.779. The molecular formula is C17H24ClNO2. The lowest BCUT2D eigenvalue weighted by Crippen LogP contribution is -2.46. The number of aryl methyl sites for hydroxylation is 1. The quantitative estimate of drug-likeness (QED) is 0.894. The van der Waals surface area contributed by atoms with Crippen molar-refractivity contribution in [2.45, 2.75) is 52.1 Å². The summed E-state index contributed by atoms with van der Waals surface area (Å²) in [6.07, 6.45) is 3.43. The topological polar surface area (TPSA) is 49.3 Å². The van der Waals surface area contributed by atoms with E-state index in [1.54, 1.807) is 12.1 Å². The highest BCUT2D eigenvalue weighted by atomic mass is 35.5. The summed E-state index contributed by atoms with van der Waals surface area (Å²) in [5.74, 6) is -0.182. The molecule has 21 heavy (non-hydrogen) atoms. The molecule has 1 fully saturated rings. The zero-order chi connectivity index (χ0) is 15.7. The molecular weight excluding hydrogens is 286 g/mol. The molecule has 0 unspecified atom stereocenters. The smallest absolute Gasteiger partial charge is 0.251 e. The first kappa shape index (κ1) is 16.3. The number of aliphatic hydroxyl groups is 1. The number of rotatable bonds is 3. The van der Waals surface area contributed by atoms with Crippen LogP contribution in [-0.2, 0) is 0 Å². The summed E-state index contributed by atoms with van der Waals surface area (Å²) in [4.78, 5) is 12.2. The van der Waals surface area contributed by atoms with Crippen LogP contribution in [0.25, 0.3) is 0 Å². The molecule has 0 spiro atoms. The van der Waals surface area contributed by atoms with Crippen molar-refractivity contribution in [2.24, 2.45) is 5.41 Å². The van der Waals surface area contributed by atoms with Crippen molar-refractivity contribution >= 4 is 17.5 Å². The molecule has 3 nitrogen and oxygen atoms in total. The van der Waals surface area contributed by atoms with Gasteiger partial charge in [0.05, 0.1) is 5.60 Å². The van der Waals surface area contributed by atoms with Crippen LogP contribution >= 0.6 is 11.6 Å². The van der Waals surface area contributed by atoms with E-state index in [9.17, 15) is 9.90 Å². The maximum atomic E-state index is 12.2. The van der Waals surface area contributed by atoms with Crippen molar-refractivity contribution < 1.29 is 9.90 Å². The van der Waals surface area contributed by atoms with Crippen LogP contribution in [-0.4, -0.2) is 23.2 Å². The molecule has 4 heteroatoms. The minimum Gasteiger partial charge on any atom is -0.388 e. The van der Waals surface area contributed by atoms with E-state index in [2.05, 4.69) is 19.2 Å². The largest absolute Gasteiger partial charge is 0.388 e. The number of carbonyl (C=O) groups is 1. The average molecular weight is 310 g/mol. The fraction of sp³-hybridized carbons (Fsp3) is 0.588. The highest BCUT2D eigenvalue weighted by molar-refractivity contribution is 6.31. The maximum absolute atomic E-state index is 12.2. The van der Waals surface area contributed by atoms with Crippen LogP contribution in [0.3, 0.4) is 0 Å². The second-order valence-electron chi connectivity index (χ2n) is 7.09. The van der Waals surface area contributed by atoms with Crippen molar-refractivity contribution in [1.82, 2.24) is 5.32 Å². The lowest BCUT2D eigenvalue weighted by atomic mass is 9.71. The molecule has 0 aliphatic heterocycles. The Morgan fingerprint density at radius 3 is 2.43 bits per heavy atom. The molecule has 116 valence electrons. The van der Waals surface area contributed by atoms with Gasteiger partial charge in [-0.25, -0.2) is 0 Å². The van der Waals surface area contributed by atoms with E-state index >= 15 is 0 Å². The van der Waals surface area contributed by atoms with Gasteiger partial charge in [0.15, 0.2) is 0 Å². The molecule has 1 amide bonds. The van der Waals surface area contributed by atoms with Gasteiger partial charge in [-0.1, -0.05) is 25.4 Å². The Hall–Kier alpha value is -1.06. The van der Waals surface area contributed by atoms with Gasteiger partial charge in [-0.2, -0.15) is 0 Å². The number of amides is 1. The van der Waals surface area contributed by atoms with E-state index in [1.807, 2.05) is 13.0 Å². The zero-order valence-corrected chi connectivity index (χ0v) is 13.8. The highest BCUT2D eigenvalue weighted by Gasteiger charge is 2.36. The molecule has 2 N–H and O–H groups in total. The van der Waals surface area contributed by atoms with Crippen LogP contribution in [0, 0.1) is 12.3 Å². The van der Waals surface area contributed by atoms with Crippen molar-refractivity contribution in [3.63, 3.8) is 0 Å². The van der Waals surface area contributed by atoms with Gasteiger partial charge in [0, 0.05) is 17.1 Å². The molecule has 1 aromatic carbocycles. The standard InChI is InChI=1S/C17H24ClNO2/c1-12-8-13(10-14(18)9-12)15(20)19-11-17(21)6-4-16(2,3)5-7-17/h8-10,21H,4-7,11H2,1-3H3,(H,19,20). The molecule has 2 rings (SSSR count). The van der Waals surface area contributed by atoms with Crippen molar-refractivity contribution in [3.05, 3.63) is 34.3 Å². The molecule has 0 aromatic heterocycles. The molecule has 1 aliphatic carbocycles. The SMILES string of the molecule is Cc1cc(Cl)cc(C(=O)NCC2(O)CCC(C)(C)CC2)c1. The second-order valence-corrected chi connectivity index (χ2v) is 7.52. The van der Waals surface area contributed by atoms with Gasteiger partial charge in [-0.3, -0.25) is 4.79 Å². The third-order valence-electron chi connectivity index (χ3n) is 4.42. The molecule has 1 saturated carbocycles. The Bertz CT molecular complexity index is 509. The van der Waals surface area contributed by atoms with E-state index in [4.69, 9.17) is 11.6 Å². The Labute approximate surface area is 131 Å². The zero-order valence-electron chi connectivity index (χ0n) is 13.0. The lowest BCUT2D eigenvalue weighted by molar-refractivity contribution is -0.0233. The number of hydrogen-bond acceptors (Lipinski definition) is 2. The summed E-state index contributed by atoms with van der Waals surface area (Å²) in [6, 6.07) is 5.27. The molecule has 0 atom stereocenters. The molecule has 0 radical (unpaired) electrons. The van der Waals surface area contributed by atoms with Crippen LogP contribution in [0.1, 0.15) is 55.5 Å². The van der Waals surface area contributed by atoms with Gasteiger partial charge in [0.25, 0.3) is 5.91 Å². The fourth-order valence-electron chi connectivity index (χ4n) is 2.78. The predicted octanol–water partition coefficient (Wildman–Crippen LogP) is 3.71. The Morgan fingerprint density at radius 1 is 1.24 bits per heavy atom. The summed E-state index contributed by atoms with van der Waals surface area (Å²) >= 11 is 5.97. The molecule has 1 aromatic rings. The maximum Gasteiger partial charge on any atom is 0.251 e. The Balaban J connectivity index is 1.95. The third kappa shape index (κ3) is 4.45. The third-order valence-corrected chi connectivity index (χ3v) is 4.63. The van der Waals surface area contributed by atoms with E-state index in [1.165, 1.54) is 0 Å². The highest BCUT2D eigenvalue weighted by Crippen LogP contribution is 2.39. The van der Waals surface area contributed by atoms with Gasteiger partial charge in [-0.05, 0) is 61.8 Å². The van der Waals surface area contributed by atoms with Gasteiger partial charge >= 0.3 is 0 Å². The van der Waals surface area contributed by atoms with Crippen LogP contribution in [0.2, 0.25) is 5.02 Å². The second kappa shape index (κ2) is 5.98. The lowest BCUT2D eigenvalue weighted by Gasteiger charge is -2.40. The van der Waals surface area contributed by atoms with E-state index in [-0.39, 0.29) is 5.91 Å². The molecule has 0 saturated heterocycles. The summed E-state index contributed by atoms with van der Waals surface area (Å²) in [7, 11) is 0. The van der Waals surface area contributed by atoms with Gasteiger partial charge in [-0.15, -0.1) is 0 Å². The molecule has 0 heterocycles. The van der Waals surface area contributed by atoms with E-state index in [0.29, 0.717) is 22.5 Å². The Kier molecular flexibility index (Phi) is 4.64. The average Bonchev–Trinajstić information content (AvgIpc) is 2.39. The first-order chi connectivity index (χ1) is 9.69. The summed E-state index contributed by atoms with van der Waals surface area (Å²) in [5, 5.41) is 14.0. The first-order valence-corrected chi connectivity index (χ1v) is 7.85. The monoisotopic (exact) mass is 309 g/mol. The van der Waals surface area contributed by atoms with Crippen LogP contribution in [0.5, 0.6) is 0 Å². The summed E-state index contributed by atoms with van der Waals surface area (Å²) < 4.78 is 0. The molecule has 0 bridgehead atoms. The van der Waals surface area contributed by atoms with Gasteiger partial charge in [0.2, 0.25) is 0 Å². The Morgan fingerprint density at radius 2 is 1.86 bits per heavy atom. The number of hydrogen-bond donors (Lipinski definition) is 2. The minimum absolute atomic E-state index is 0.182. The number of carbonyl (C=O) groups excluding carboxylic acids is 1.